The van der Waals surface area contributed by atoms with Crippen molar-refractivity contribution >= 4 is 28.9 Å². The van der Waals surface area contributed by atoms with Crippen LogP contribution in [0.5, 0.6) is 0 Å². The predicted molar refractivity (Wildman–Crippen MR) is 184 cm³/mol. The monoisotopic (exact) mass is 679 g/mol. The molecule has 2 fully saturated rings. The van der Waals surface area contributed by atoms with Crippen LogP contribution in [0.3, 0.4) is 0 Å². The van der Waals surface area contributed by atoms with Crippen molar-refractivity contribution in [3.63, 3.8) is 0 Å². The van der Waals surface area contributed by atoms with Gasteiger partial charge in [0.05, 0.1) is 37.1 Å². The number of aliphatic hydroxyl groups excluding tert-OH is 1. The number of amides is 1. The topological polar surface area (TPSA) is 135 Å². The molecular formula is C36H49N5O6S. The molecule has 6 rings (SSSR count). The highest BCUT2D eigenvalue weighted by Gasteiger charge is 2.62. The summed E-state index contributed by atoms with van der Waals surface area (Å²) in [5.74, 6) is 0.853. The molecule has 11 nitrogen and oxygen atoms in total. The Labute approximate surface area is 287 Å². The second kappa shape index (κ2) is 14.7. The van der Waals surface area contributed by atoms with E-state index in [2.05, 4.69) is 48.9 Å². The molecule has 1 saturated heterocycles. The van der Waals surface area contributed by atoms with E-state index in [0.717, 1.165) is 59.3 Å². The Morgan fingerprint density at radius 1 is 1.25 bits per heavy atom. The van der Waals surface area contributed by atoms with Crippen LogP contribution in [0.4, 0.5) is 0 Å². The lowest BCUT2D eigenvalue weighted by molar-refractivity contribution is -0.150. The van der Waals surface area contributed by atoms with Crippen LogP contribution < -0.4 is 10.6 Å². The van der Waals surface area contributed by atoms with Crippen LogP contribution in [0.15, 0.2) is 58.0 Å². The molecular weight excluding hydrogens is 630 g/mol. The number of fused-ring (bicyclic) bond motifs is 3. The van der Waals surface area contributed by atoms with Crippen molar-refractivity contribution in [1.29, 1.82) is 0 Å². The van der Waals surface area contributed by atoms with Crippen molar-refractivity contribution < 1.29 is 28.9 Å². The van der Waals surface area contributed by atoms with Crippen molar-refractivity contribution in [1.82, 2.24) is 20.5 Å². The standard InChI is InChI=1S/C36H49N5O6S/c1-6-46-34(43)36-18-23(36)12-10-8-7-9-11-13-37-35(44)41-19-25(16-29(41)32(42)40-36)47-30-17-27(33-39-28(20-48-33)21(2)3)38-26-15-24(45-5)14-22(4)31(26)30/h10,12,14-15,17,20-23,25,29,31,35,37,44H,6-9,11,13,16,18-19H2,1-5H3,(H,40,42)/b12-10-/t22?,23-,25-,29+,31?,35?,36-/m1/s1. The molecule has 1 saturated carbocycles. The van der Waals surface area contributed by atoms with Gasteiger partial charge in [-0.2, -0.15) is 0 Å². The highest BCUT2D eigenvalue weighted by atomic mass is 32.1. The number of rotatable bonds is 7. The van der Waals surface area contributed by atoms with Crippen LogP contribution in [0.1, 0.15) is 82.8 Å². The van der Waals surface area contributed by atoms with Gasteiger partial charge >= 0.3 is 5.97 Å². The number of nitrogens with zero attached hydrogens (tertiary/aromatic N) is 3. The maximum Gasteiger partial charge on any atom is 0.332 e. The van der Waals surface area contributed by atoms with Crippen molar-refractivity contribution in [2.75, 3.05) is 26.8 Å². The van der Waals surface area contributed by atoms with E-state index in [9.17, 15) is 14.7 Å². The first-order chi connectivity index (χ1) is 23.1. The Kier molecular flexibility index (Phi) is 10.5. The summed E-state index contributed by atoms with van der Waals surface area (Å²) in [4.78, 5) is 38.9. The van der Waals surface area contributed by atoms with Gasteiger partial charge in [0.2, 0.25) is 5.91 Å². The molecule has 48 heavy (non-hydrogen) atoms. The van der Waals surface area contributed by atoms with E-state index in [4.69, 9.17) is 24.2 Å². The third kappa shape index (κ3) is 7.17. The second-order valence-electron chi connectivity index (χ2n) is 13.7. The van der Waals surface area contributed by atoms with Crippen molar-refractivity contribution in [2.45, 2.75) is 96.2 Å². The number of hydrogen-bond donors (Lipinski definition) is 3. The van der Waals surface area contributed by atoms with Crippen molar-refractivity contribution in [3.8, 4) is 0 Å². The van der Waals surface area contributed by atoms with Gasteiger partial charge in [-0.15, -0.1) is 11.3 Å². The number of aliphatic imine (C=N–C) groups is 1. The molecule has 12 heteroatoms. The number of aliphatic hydroxyl groups is 1. The van der Waals surface area contributed by atoms with E-state index >= 15 is 0 Å². The highest BCUT2D eigenvalue weighted by molar-refractivity contribution is 7.12. The van der Waals surface area contributed by atoms with Crippen LogP contribution in [0.2, 0.25) is 0 Å². The minimum absolute atomic E-state index is 0.0470. The SMILES string of the molecule is CCOC(=O)[C@@]12C[C@H]1/C=C\CCCCCNC(O)N1C[C@H](OC3=CC(c4nc(C(C)C)cs4)=NC4=CC(OC)=CC(C)C43)C[C@H]1C(=O)N2. The van der Waals surface area contributed by atoms with E-state index in [0.29, 0.717) is 31.8 Å². The molecule has 5 aliphatic rings. The van der Waals surface area contributed by atoms with Gasteiger partial charge in [-0.05, 0) is 57.1 Å². The van der Waals surface area contributed by atoms with Gasteiger partial charge in [0.15, 0.2) is 6.35 Å². The van der Waals surface area contributed by atoms with E-state index < -0.39 is 30.0 Å². The largest absolute Gasteiger partial charge is 0.497 e. The van der Waals surface area contributed by atoms with Gasteiger partial charge in [-0.25, -0.2) is 19.7 Å². The summed E-state index contributed by atoms with van der Waals surface area (Å²) in [5, 5.41) is 20.5. The van der Waals surface area contributed by atoms with Gasteiger partial charge < -0.3 is 24.6 Å². The number of nitrogens with one attached hydrogen (secondary N) is 2. The van der Waals surface area contributed by atoms with Gasteiger partial charge in [-0.1, -0.05) is 39.3 Å². The minimum atomic E-state index is -1.09. The number of methoxy groups -OCH3 is 1. The molecule has 7 atom stereocenters. The van der Waals surface area contributed by atoms with Gasteiger partial charge in [-0.3, -0.25) is 10.1 Å². The van der Waals surface area contributed by atoms with Gasteiger partial charge in [0.1, 0.15) is 33.9 Å². The number of thiazole rings is 1. The number of aromatic nitrogens is 1. The zero-order valence-corrected chi connectivity index (χ0v) is 29.4. The fraction of sp³-hybridized carbons (Fsp3) is 0.611. The summed E-state index contributed by atoms with van der Waals surface area (Å²) in [6, 6.07) is -0.720. The minimum Gasteiger partial charge on any atom is -0.497 e. The normalized spacial score (nSPS) is 33.3. The van der Waals surface area contributed by atoms with Crippen LogP contribution in [-0.2, 0) is 23.8 Å². The van der Waals surface area contributed by atoms with E-state index in [1.165, 1.54) is 0 Å². The zero-order valence-electron chi connectivity index (χ0n) is 28.6. The maximum absolute atomic E-state index is 14.1. The average molecular weight is 680 g/mol. The number of ether oxygens (including phenoxy) is 3. The predicted octanol–water partition coefficient (Wildman–Crippen LogP) is 4.53. The van der Waals surface area contributed by atoms with E-state index in [1.807, 2.05) is 18.2 Å². The fourth-order valence-electron chi connectivity index (χ4n) is 7.14. The molecule has 0 spiro atoms. The van der Waals surface area contributed by atoms with Crippen LogP contribution in [-0.4, -0.2) is 83.4 Å². The van der Waals surface area contributed by atoms with E-state index in [1.54, 1.807) is 30.3 Å². The van der Waals surface area contributed by atoms with E-state index in [-0.39, 0.29) is 30.3 Å². The molecule has 3 unspecified atom stereocenters. The lowest BCUT2D eigenvalue weighted by Gasteiger charge is -2.33. The zero-order chi connectivity index (χ0) is 34.0. The fourth-order valence-corrected chi connectivity index (χ4v) is 8.08. The Morgan fingerprint density at radius 3 is 2.83 bits per heavy atom. The molecule has 0 radical (unpaired) electrons. The van der Waals surface area contributed by atoms with Gasteiger partial charge in [0, 0.05) is 36.4 Å². The van der Waals surface area contributed by atoms with Crippen LogP contribution >= 0.6 is 11.3 Å². The Morgan fingerprint density at radius 2 is 2.08 bits per heavy atom. The van der Waals surface area contributed by atoms with Crippen molar-refractivity contribution in [2.24, 2.45) is 22.7 Å². The molecule has 0 bridgehead atoms. The third-order valence-electron chi connectivity index (χ3n) is 9.93. The first-order valence-corrected chi connectivity index (χ1v) is 18.2. The first kappa shape index (κ1) is 34.5. The lowest BCUT2D eigenvalue weighted by Crippen LogP contribution is -2.56. The summed E-state index contributed by atoms with van der Waals surface area (Å²) < 4.78 is 17.9. The lowest BCUT2D eigenvalue weighted by atomic mass is 9.83. The number of esters is 1. The summed E-state index contributed by atoms with van der Waals surface area (Å²) in [6.45, 7) is 9.30. The number of allylic oxidation sites excluding steroid dienone is 4. The molecule has 0 aromatic carbocycles. The Bertz CT molecular complexity index is 1530. The summed E-state index contributed by atoms with van der Waals surface area (Å²) >= 11 is 1.56. The van der Waals surface area contributed by atoms with Gasteiger partial charge in [0.25, 0.3) is 0 Å². The summed E-state index contributed by atoms with van der Waals surface area (Å²) in [7, 11) is 1.66. The molecule has 3 aliphatic heterocycles. The van der Waals surface area contributed by atoms with Crippen LogP contribution in [0.25, 0.3) is 0 Å². The molecule has 4 heterocycles. The number of hydrogen-bond acceptors (Lipinski definition) is 11. The Balaban J connectivity index is 1.28. The quantitative estimate of drug-likeness (QED) is 0.281. The first-order valence-electron chi connectivity index (χ1n) is 17.4. The molecule has 2 aliphatic carbocycles. The molecule has 1 aromatic heterocycles. The number of carbonyl (C=O) groups excluding carboxylic acids is 2. The molecule has 1 aromatic rings. The smallest absolute Gasteiger partial charge is 0.332 e. The second-order valence-corrected chi connectivity index (χ2v) is 14.6. The average Bonchev–Trinajstić information content (AvgIpc) is 3.37. The highest BCUT2D eigenvalue weighted by Crippen LogP contribution is 2.46. The van der Waals surface area contributed by atoms with Crippen molar-refractivity contribution in [3.05, 3.63) is 63.7 Å². The molecule has 1 amide bonds. The summed E-state index contributed by atoms with van der Waals surface area (Å²) in [5.41, 5.74) is 1.49. The van der Waals surface area contributed by atoms with Crippen LogP contribution in [0, 0.1) is 17.8 Å². The maximum atomic E-state index is 14.1. The summed E-state index contributed by atoms with van der Waals surface area (Å²) in [6.07, 6.45) is 13.4. The molecule has 3 N–H and O–H groups in total. The molecule has 260 valence electrons. The number of carbonyl (C=O) groups is 2. The third-order valence-corrected chi connectivity index (χ3v) is 10.8. The Hall–Kier alpha value is -3.32. The number of dihydropyridines is 1.